The van der Waals surface area contributed by atoms with Gasteiger partial charge in [0.05, 0.1) is 12.1 Å². The van der Waals surface area contributed by atoms with E-state index < -0.39 is 0 Å². The van der Waals surface area contributed by atoms with Crippen molar-refractivity contribution < 1.29 is 4.42 Å². The van der Waals surface area contributed by atoms with Gasteiger partial charge in [-0.05, 0) is 67.1 Å². The normalized spacial score (nSPS) is 10.8. The van der Waals surface area contributed by atoms with Crippen LogP contribution in [0.25, 0.3) is 10.9 Å². The minimum Gasteiger partial charge on any atom is -0.465 e. The van der Waals surface area contributed by atoms with Crippen molar-refractivity contribution in [1.29, 1.82) is 0 Å². The summed E-state index contributed by atoms with van der Waals surface area (Å²) in [6.07, 6.45) is 3.61. The van der Waals surface area contributed by atoms with Gasteiger partial charge in [0, 0.05) is 30.0 Å². The Morgan fingerprint density at radius 3 is 2.58 bits per heavy atom. The lowest BCUT2D eigenvalue weighted by atomic mass is 10.2. The lowest BCUT2D eigenvalue weighted by Gasteiger charge is -2.09. The van der Waals surface area contributed by atoms with Crippen molar-refractivity contribution in [3.05, 3.63) is 84.1 Å². The van der Waals surface area contributed by atoms with Crippen molar-refractivity contribution in [2.75, 3.05) is 10.6 Å². The van der Waals surface area contributed by atoms with Crippen molar-refractivity contribution in [1.82, 2.24) is 9.97 Å². The molecule has 0 saturated heterocycles. The lowest BCUT2D eigenvalue weighted by molar-refractivity contribution is 0.490. The van der Waals surface area contributed by atoms with E-state index in [1.54, 1.807) is 12.4 Å². The quantitative estimate of drug-likeness (QED) is 0.528. The molecule has 5 nitrogen and oxygen atoms in total. The van der Waals surface area contributed by atoms with E-state index in [-0.39, 0.29) is 0 Å². The average Bonchev–Trinajstić information content (AvgIpc) is 3.10. The second-order valence-electron chi connectivity index (χ2n) is 6.18. The number of anilines is 2. The summed E-state index contributed by atoms with van der Waals surface area (Å²) in [5.41, 5.74) is 3.23. The topological polar surface area (TPSA) is 63.0 Å². The number of nitrogens with one attached hydrogen (secondary N) is 2. The van der Waals surface area contributed by atoms with Gasteiger partial charge in [-0.15, -0.1) is 0 Å². The number of pyridine rings is 2. The predicted octanol–water partition coefficient (Wildman–Crippen LogP) is 4.76. The van der Waals surface area contributed by atoms with Crippen molar-refractivity contribution >= 4 is 22.4 Å². The van der Waals surface area contributed by atoms with Crippen LogP contribution in [0.4, 0.5) is 11.5 Å². The van der Waals surface area contributed by atoms with Crippen LogP contribution in [0.3, 0.4) is 0 Å². The summed E-state index contributed by atoms with van der Waals surface area (Å²) in [6.45, 7) is 3.33. The molecule has 0 aliphatic heterocycles. The third-order valence-corrected chi connectivity index (χ3v) is 4.17. The number of furan rings is 1. The van der Waals surface area contributed by atoms with E-state index in [1.807, 2.05) is 43.3 Å². The predicted molar refractivity (Wildman–Crippen MR) is 104 cm³/mol. The zero-order valence-corrected chi connectivity index (χ0v) is 14.6. The molecule has 0 aliphatic carbocycles. The third kappa shape index (κ3) is 3.83. The maximum atomic E-state index is 5.57. The zero-order valence-electron chi connectivity index (χ0n) is 14.6. The molecule has 0 saturated carbocycles. The van der Waals surface area contributed by atoms with Gasteiger partial charge < -0.3 is 15.1 Å². The van der Waals surface area contributed by atoms with Crippen molar-refractivity contribution in [3.8, 4) is 0 Å². The van der Waals surface area contributed by atoms with Crippen LogP contribution in [-0.4, -0.2) is 9.97 Å². The Morgan fingerprint density at radius 1 is 0.885 bits per heavy atom. The molecule has 0 bridgehead atoms. The molecule has 0 amide bonds. The van der Waals surface area contributed by atoms with Gasteiger partial charge in [-0.1, -0.05) is 0 Å². The van der Waals surface area contributed by atoms with Crippen molar-refractivity contribution in [2.24, 2.45) is 0 Å². The molecule has 4 rings (SSSR count). The van der Waals surface area contributed by atoms with E-state index >= 15 is 0 Å². The molecular weight excluding hydrogens is 324 g/mol. The average molecular weight is 344 g/mol. The Bertz CT molecular complexity index is 1010. The van der Waals surface area contributed by atoms with Gasteiger partial charge in [0.15, 0.2) is 0 Å². The first-order valence-corrected chi connectivity index (χ1v) is 8.59. The highest BCUT2D eigenvalue weighted by molar-refractivity contribution is 5.83. The van der Waals surface area contributed by atoms with E-state index in [1.165, 1.54) is 5.56 Å². The zero-order chi connectivity index (χ0) is 17.8. The summed E-state index contributed by atoms with van der Waals surface area (Å²) in [5, 5.41) is 7.84. The number of nitrogens with zero attached hydrogens (tertiary/aromatic N) is 2. The molecule has 0 aliphatic rings. The standard InChI is InChI=1S/C21H20N4O/c1-15-2-5-19(26-15)14-24-21-7-3-17-12-18(4-6-20(17)25-21)23-13-16-8-10-22-11-9-16/h2-12,23H,13-14H2,1H3,(H,24,25). The van der Waals surface area contributed by atoms with Crippen molar-refractivity contribution in [2.45, 2.75) is 20.0 Å². The van der Waals surface area contributed by atoms with E-state index in [0.29, 0.717) is 6.54 Å². The molecule has 0 unspecified atom stereocenters. The van der Waals surface area contributed by atoms with Crippen LogP contribution in [-0.2, 0) is 13.1 Å². The Balaban J connectivity index is 1.43. The summed E-state index contributed by atoms with van der Waals surface area (Å²) in [6, 6.07) is 18.2. The molecule has 0 atom stereocenters. The minimum absolute atomic E-state index is 0.623. The molecule has 3 aromatic heterocycles. The minimum atomic E-state index is 0.623. The molecule has 5 heteroatoms. The number of benzene rings is 1. The molecule has 1 aromatic carbocycles. The second-order valence-corrected chi connectivity index (χ2v) is 6.18. The largest absolute Gasteiger partial charge is 0.465 e. The fourth-order valence-electron chi connectivity index (χ4n) is 2.80. The maximum Gasteiger partial charge on any atom is 0.127 e. The number of aromatic nitrogens is 2. The van der Waals surface area contributed by atoms with E-state index in [0.717, 1.165) is 40.5 Å². The van der Waals surface area contributed by atoms with Crippen LogP contribution in [0.2, 0.25) is 0 Å². The Labute approximate surface area is 152 Å². The van der Waals surface area contributed by atoms with Crippen molar-refractivity contribution in [3.63, 3.8) is 0 Å². The van der Waals surface area contributed by atoms with E-state index in [4.69, 9.17) is 4.42 Å². The molecular formula is C21H20N4O. The lowest BCUT2D eigenvalue weighted by Crippen LogP contribution is -2.01. The van der Waals surface area contributed by atoms with Gasteiger partial charge in [0.25, 0.3) is 0 Å². The van der Waals surface area contributed by atoms with Gasteiger partial charge in [-0.3, -0.25) is 4.98 Å². The first-order chi connectivity index (χ1) is 12.8. The van der Waals surface area contributed by atoms with Gasteiger partial charge in [0.2, 0.25) is 0 Å². The van der Waals surface area contributed by atoms with Crippen LogP contribution in [0.1, 0.15) is 17.1 Å². The Morgan fingerprint density at radius 2 is 1.77 bits per heavy atom. The maximum absolute atomic E-state index is 5.57. The van der Waals surface area contributed by atoms with Crippen LogP contribution in [0.5, 0.6) is 0 Å². The molecule has 0 radical (unpaired) electrons. The fraction of sp³-hybridized carbons (Fsp3) is 0.143. The van der Waals surface area contributed by atoms with E-state index in [9.17, 15) is 0 Å². The van der Waals surface area contributed by atoms with Gasteiger partial charge in [-0.25, -0.2) is 4.98 Å². The Kier molecular flexibility index (Phi) is 4.51. The fourth-order valence-corrected chi connectivity index (χ4v) is 2.80. The van der Waals surface area contributed by atoms with Gasteiger partial charge in [0.1, 0.15) is 17.3 Å². The first kappa shape index (κ1) is 16.1. The second kappa shape index (κ2) is 7.27. The number of fused-ring (bicyclic) bond motifs is 1. The van der Waals surface area contributed by atoms with Crippen LogP contribution < -0.4 is 10.6 Å². The molecule has 130 valence electrons. The SMILES string of the molecule is Cc1ccc(CNc2ccc3cc(NCc4ccncc4)ccc3n2)o1. The van der Waals surface area contributed by atoms with Crippen LogP contribution >= 0.6 is 0 Å². The summed E-state index contributed by atoms with van der Waals surface area (Å²) < 4.78 is 5.57. The van der Waals surface area contributed by atoms with Gasteiger partial charge in [-0.2, -0.15) is 0 Å². The summed E-state index contributed by atoms with van der Waals surface area (Å²) in [4.78, 5) is 8.70. The molecule has 2 N–H and O–H groups in total. The van der Waals surface area contributed by atoms with Crippen LogP contribution in [0.15, 0.2) is 71.4 Å². The van der Waals surface area contributed by atoms with Gasteiger partial charge >= 0.3 is 0 Å². The van der Waals surface area contributed by atoms with Crippen LogP contribution in [0, 0.1) is 6.92 Å². The highest BCUT2D eigenvalue weighted by Gasteiger charge is 2.03. The number of aryl methyl sites for hydroxylation is 1. The summed E-state index contributed by atoms with van der Waals surface area (Å²) in [7, 11) is 0. The number of rotatable bonds is 6. The highest BCUT2D eigenvalue weighted by atomic mass is 16.3. The monoisotopic (exact) mass is 344 g/mol. The molecule has 0 fully saturated rings. The highest BCUT2D eigenvalue weighted by Crippen LogP contribution is 2.21. The molecule has 4 aromatic rings. The molecule has 26 heavy (non-hydrogen) atoms. The van der Waals surface area contributed by atoms with E-state index in [2.05, 4.69) is 38.8 Å². The summed E-state index contributed by atoms with van der Waals surface area (Å²) >= 11 is 0. The summed E-state index contributed by atoms with van der Waals surface area (Å²) in [5.74, 6) is 2.66. The number of hydrogen-bond acceptors (Lipinski definition) is 5. The number of hydrogen-bond donors (Lipinski definition) is 2. The Hall–Kier alpha value is -3.34. The smallest absolute Gasteiger partial charge is 0.127 e. The third-order valence-electron chi connectivity index (χ3n) is 4.17. The first-order valence-electron chi connectivity index (χ1n) is 8.59. The molecule has 3 heterocycles. The molecule has 0 spiro atoms.